The Balaban J connectivity index is 2.16. The summed E-state index contributed by atoms with van der Waals surface area (Å²) >= 11 is 14.0. The van der Waals surface area contributed by atoms with E-state index in [1.54, 1.807) is 36.0 Å². The van der Waals surface area contributed by atoms with E-state index in [-0.39, 0.29) is 5.75 Å². The first kappa shape index (κ1) is 17.7. The van der Waals surface area contributed by atoms with Crippen molar-refractivity contribution < 1.29 is 5.11 Å². The van der Waals surface area contributed by atoms with Crippen LogP contribution in [0.1, 0.15) is 12.5 Å². The summed E-state index contributed by atoms with van der Waals surface area (Å²) in [6, 6.07) is 12.2. The van der Waals surface area contributed by atoms with Gasteiger partial charge in [0.05, 0.1) is 16.4 Å². The molecule has 1 N–H and O–H groups in total. The fraction of sp³-hybridized carbons (Fsp3) is 0.111. The number of phenols is 1. The van der Waals surface area contributed by atoms with Gasteiger partial charge in [-0.2, -0.15) is 5.10 Å². The Labute approximate surface area is 159 Å². The van der Waals surface area contributed by atoms with Crippen molar-refractivity contribution in [2.75, 3.05) is 7.05 Å². The molecule has 0 radical (unpaired) electrons. The van der Waals surface area contributed by atoms with Crippen LogP contribution in [0, 0.1) is 0 Å². The molecule has 0 aliphatic carbocycles. The standard InChI is InChI=1S/C18H15Cl2N3OS/c1-11(12-3-6-14(24)7-4-12)22-23-17(10-25-18(23)21-2)15-9-13(19)5-8-16(15)20/h3-10,24H,1-2H3. The molecule has 7 heteroatoms. The molecule has 0 fully saturated rings. The van der Waals surface area contributed by atoms with E-state index in [4.69, 9.17) is 28.3 Å². The second kappa shape index (κ2) is 7.44. The maximum absolute atomic E-state index is 9.44. The quantitative estimate of drug-likeness (QED) is 0.625. The van der Waals surface area contributed by atoms with Gasteiger partial charge < -0.3 is 5.11 Å². The SMILES string of the molecule is CN=c1scc(-c2cc(Cl)ccc2Cl)n1N=C(C)c1ccc(O)cc1. The summed E-state index contributed by atoms with van der Waals surface area (Å²) in [6.07, 6.45) is 0. The minimum Gasteiger partial charge on any atom is -0.508 e. The fourth-order valence-corrected chi connectivity index (χ4v) is 3.51. The molecule has 1 heterocycles. The zero-order valence-corrected chi connectivity index (χ0v) is 15.9. The van der Waals surface area contributed by atoms with Crippen molar-refractivity contribution in [1.29, 1.82) is 0 Å². The van der Waals surface area contributed by atoms with E-state index in [2.05, 4.69) is 4.99 Å². The van der Waals surface area contributed by atoms with Crippen LogP contribution in [-0.4, -0.2) is 22.5 Å². The van der Waals surface area contributed by atoms with Crippen LogP contribution >= 0.6 is 34.5 Å². The largest absolute Gasteiger partial charge is 0.508 e. The molecular weight excluding hydrogens is 377 g/mol. The van der Waals surface area contributed by atoms with Crippen molar-refractivity contribution in [3.63, 3.8) is 0 Å². The van der Waals surface area contributed by atoms with Gasteiger partial charge in [0.15, 0.2) is 0 Å². The van der Waals surface area contributed by atoms with Gasteiger partial charge in [-0.1, -0.05) is 23.2 Å². The number of halogens is 2. The molecule has 0 unspecified atom stereocenters. The average Bonchev–Trinajstić information content (AvgIpc) is 3.00. The minimum absolute atomic E-state index is 0.218. The molecule has 0 saturated carbocycles. The summed E-state index contributed by atoms with van der Waals surface area (Å²) in [6.45, 7) is 1.90. The van der Waals surface area contributed by atoms with E-state index in [9.17, 15) is 5.11 Å². The van der Waals surface area contributed by atoms with E-state index in [1.807, 2.05) is 30.5 Å². The Morgan fingerprint density at radius 1 is 1.12 bits per heavy atom. The minimum atomic E-state index is 0.218. The number of benzene rings is 2. The highest BCUT2D eigenvalue weighted by Gasteiger charge is 2.12. The lowest BCUT2D eigenvalue weighted by Gasteiger charge is -2.08. The van der Waals surface area contributed by atoms with E-state index in [0.717, 1.165) is 27.3 Å². The fourth-order valence-electron chi connectivity index (χ4n) is 2.34. The third-order valence-electron chi connectivity index (χ3n) is 3.62. The zero-order chi connectivity index (χ0) is 18.0. The van der Waals surface area contributed by atoms with E-state index in [1.165, 1.54) is 11.3 Å². The third-order valence-corrected chi connectivity index (χ3v) is 5.09. The first-order valence-electron chi connectivity index (χ1n) is 7.43. The highest BCUT2D eigenvalue weighted by molar-refractivity contribution is 7.07. The van der Waals surface area contributed by atoms with Gasteiger partial charge in [-0.3, -0.25) is 4.99 Å². The van der Waals surface area contributed by atoms with Crippen LogP contribution in [0.25, 0.3) is 11.3 Å². The van der Waals surface area contributed by atoms with Gasteiger partial charge in [0.1, 0.15) is 5.75 Å². The smallest absolute Gasteiger partial charge is 0.205 e. The van der Waals surface area contributed by atoms with E-state index >= 15 is 0 Å². The first-order valence-corrected chi connectivity index (χ1v) is 9.07. The van der Waals surface area contributed by atoms with Gasteiger partial charge in [-0.25, -0.2) is 4.68 Å². The Kier molecular flexibility index (Phi) is 5.27. The van der Waals surface area contributed by atoms with Crippen molar-refractivity contribution in [3.05, 3.63) is 68.3 Å². The van der Waals surface area contributed by atoms with Crippen molar-refractivity contribution in [1.82, 2.24) is 4.68 Å². The lowest BCUT2D eigenvalue weighted by molar-refractivity contribution is 0.475. The molecule has 3 aromatic rings. The maximum atomic E-state index is 9.44. The second-order valence-corrected chi connectivity index (χ2v) is 6.98. The Morgan fingerprint density at radius 2 is 1.84 bits per heavy atom. The van der Waals surface area contributed by atoms with Crippen LogP contribution in [0.3, 0.4) is 0 Å². The number of aromatic nitrogens is 1. The molecule has 128 valence electrons. The highest BCUT2D eigenvalue weighted by atomic mass is 35.5. The maximum Gasteiger partial charge on any atom is 0.205 e. The Bertz CT molecular complexity index is 1000. The lowest BCUT2D eigenvalue weighted by Crippen LogP contribution is -2.13. The van der Waals surface area contributed by atoms with Crippen LogP contribution in [0.4, 0.5) is 0 Å². The third kappa shape index (κ3) is 3.79. The topological polar surface area (TPSA) is 49.9 Å². The van der Waals surface area contributed by atoms with Crippen LogP contribution in [-0.2, 0) is 0 Å². The number of nitrogens with zero attached hydrogens (tertiary/aromatic N) is 3. The van der Waals surface area contributed by atoms with E-state index in [0.29, 0.717) is 10.0 Å². The van der Waals surface area contributed by atoms with Crippen LogP contribution in [0.15, 0.2) is 57.9 Å². The van der Waals surface area contributed by atoms with Crippen LogP contribution < -0.4 is 4.80 Å². The Morgan fingerprint density at radius 3 is 2.52 bits per heavy atom. The molecule has 0 aliphatic rings. The predicted octanol–water partition coefficient (Wildman–Crippen LogP) is 5.03. The average molecular weight is 392 g/mol. The van der Waals surface area contributed by atoms with Crippen molar-refractivity contribution in [2.24, 2.45) is 10.1 Å². The molecule has 3 rings (SSSR count). The molecule has 0 saturated heterocycles. The van der Waals surface area contributed by atoms with Crippen molar-refractivity contribution in [3.8, 4) is 17.0 Å². The highest BCUT2D eigenvalue weighted by Crippen LogP contribution is 2.31. The summed E-state index contributed by atoms with van der Waals surface area (Å²) in [5, 5.41) is 17.3. The van der Waals surface area contributed by atoms with Crippen molar-refractivity contribution in [2.45, 2.75) is 6.92 Å². The van der Waals surface area contributed by atoms with Gasteiger partial charge in [0.25, 0.3) is 0 Å². The van der Waals surface area contributed by atoms with E-state index < -0.39 is 0 Å². The predicted molar refractivity (Wildman–Crippen MR) is 105 cm³/mol. The zero-order valence-electron chi connectivity index (χ0n) is 13.6. The summed E-state index contributed by atoms with van der Waals surface area (Å²) in [4.78, 5) is 5.03. The number of phenolic OH excluding ortho intramolecular Hbond substituents is 1. The molecular formula is C18H15Cl2N3OS. The lowest BCUT2D eigenvalue weighted by atomic mass is 10.1. The Hall–Kier alpha value is -2.08. The number of hydrogen-bond donors (Lipinski definition) is 1. The number of aromatic hydroxyl groups is 1. The van der Waals surface area contributed by atoms with Crippen LogP contribution in [0.5, 0.6) is 5.75 Å². The molecule has 4 nitrogen and oxygen atoms in total. The monoisotopic (exact) mass is 391 g/mol. The molecule has 0 aliphatic heterocycles. The molecule has 0 atom stereocenters. The first-order chi connectivity index (χ1) is 12.0. The summed E-state index contributed by atoms with van der Waals surface area (Å²) in [7, 11) is 1.72. The molecule has 1 aromatic heterocycles. The normalized spacial score (nSPS) is 12.6. The van der Waals surface area contributed by atoms with Crippen LogP contribution in [0.2, 0.25) is 10.0 Å². The summed E-state index contributed by atoms with van der Waals surface area (Å²) in [5.74, 6) is 0.218. The van der Waals surface area contributed by atoms with Crippen molar-refractivity contribution >= 4 is 40.3 Å². The molecule has 25 heavy (non-hydrogen) atoms. The van der Waals surface area contributed by atoms with Gasteiger partial charge in [-0.05, 0) is 55.0 Å². The summed E-state index contributed by atoms with van der Waals surface area (Å²) in [5.41, 5.74) is 3.30. The number of rotatable bonds is 3. The molecule has 2 aromatic carbocycles. The number of hydrogen-bond acceptors (Lipinski definition) is 4. The molecule has 0 spiro atoms. The second-order valence-electron chi connectivity index (χ2n) is 5.30. The summed E-state index contributed by atoms with van der Waals surface area (Å²) < 4.78 is 1.75. The van der Waals surface area contributed by atoms with Gasteiger partial charge in [0.2, 0.25) is 4.80 Å². The number of thiazole rings is 1. The molecule has 0 amide bonds. The van der Waals surface area contributed by atoms with Gasteiger partial charge in [0, 0.05) is 23.0 Å². The van der Waals surface area contributed by atoms with Gasteiger partial charge >= 0.3 is 0 Å². The van der Waals surface area contributed by atoms with Gasteiger partial charge in [-0.15, -0.1) is 11.3 Å². The molecule has 0 bridgehead atoms.